The number of nitrogens with two attached hydrogens (primary N) is 1. The molecule has 0 saturated heterocycles. The van der Waals surface area contributed by atoms with Gasteiger partial charge < -0.3 is 5.73 Å². The van der Waals surface area contributed by atoms with E-state index in [0.29, 0.717) is 5.82 Å². The van der Waals surface area contributed by atoms with Crippen molar-refractivity contribution in [3.05, 3.63) is 34.3 Å². The summed E-state index contributed by atoms with van der Waals surface area (Å²) in [4.78, 5) is 4.29. The van der Waals surface area contributed by atoms with E-state index < -0.39 is 0 Å². The minimum Gasteiger partial charge on any atom is -0.384 e. The summed E-state index contributed by atoms with van der Waals surface area (Å²) in [5.41, 5.74) is 8.71. The SMILES string of the molecule is Cc1cc(N)nc2c(C)c(Cl)ccc12. The summed E-state index contributed by atoms with van der Waals surface area (Å²) in [6, 6.07) is 5.74. The molecular weight excluding hydrogens is 196 g/mol. The largest absolute Gasteiger partial charge is 0.384 e. The molecular formula is C11H11ClN2. The number of rotatable bonds is 0. The van der Waals surface area contributed by atoms with Crippen molar-refractivity contribution >= 4 is 28.3 Å². The summed E-state index contributed by atoms with van der Waals surface area (Å²) in [7, 11) is 0. The molecule has 0 aliphatic rings. The molecule has 2 aromatic rings. The Hall–Kier alpha value is -1.28. The van der Waals surface area contributed by atoms with Gasteiger partial charge in [-0.2, -0.15) is 0 Å². The number of aromatic nitrogens is 1. The average molecular weight is 207 g/mol. The Morgan fingerprint density at radius 2 is 2.00 bits per heavy atom. The van der Waals surface area contributed by atoms with E-state index in [9.17, 15) is 0 Å². The van der Waals surface area contributed by atoms with Crippen molar-refractivity contribution in [3.63, 3.8) is 0 Å². The summed E-state index contributed by atoms with van der Waals surface area (Å²) in [6.45, 7) is 3.98. The molecule has 0 unspecified atom stereocenters. The van der Waals surface area contributed by atoms with E-state index in [4.69, 9.17) is 17.3 Å². The summed E-state index contributed by atoms with van der Waals surface area (Å²) in [5, 5.41) is 1.84. The van der Waals surface area contributed by atoms with Crippen LogP contribution in [0.3, 0.4) is 0 Å². The van der Waals surface area contributed by atoms with E-state index in [1.54, 1.807) is 0 Å². The molecule has 0 saturated carbocycles. The number of anilines is 1. The van der Waals surface area contributed by atoms with Crippen molar-refractivity contribution in [2.75, 3.05) is 5.73 Å². The molecule has 1 aromatic carbocycles. The molecule has 0 spiro atoms. The van der Waals surface area contributed by atoms with Crippen LogP contribution in [0, 0.1) is 13.8 Å². The molecule has 1 aromatic heterocycles. The molecule has 14 heavy (non-hydrogen) atoms. The van der Waals surface area contributed by atoms with Gasteiger partial charge in [0.05, 0.1) is 5.52 Å². The zero-order valence-electron chi connectivity index (χ0n) is 8.13. The number of hydrogen-bond acceptors (Lipinski definition) is 2. The van der Waals surface area contributed by atoms with Gasteiger partial charge >= 0.3 is 0 Å². The van der Waals surface area contributed by atoms with Gasteiger partial charge in [-0.15, -0.1) is 0 Å². The minimum absolute atomic E-state index is 0.542. The molecule has 0 aliphatic carbocycles. The molecule has 0 fully saturated rings. The maximum atomic E-state index is 6.01. The molecule has 0 aliphatic heterocycles. The first-order valence-electron chi connectivity index (χ1n) is 4.41. The highest BCUT2D eigenvalue weighted by molar-refractivity contribution is 6.32. The van der Waals surface area contributed by atoms with Crippen molar-refractivity contribution in [2.24, 2.45) is 0 Å². The number of nitrogen functional groups attached to an aromatic ring is 1. The first kappa shape index (κ1) is 9.28. The second kappa shape index (κ2) is 3.14. The van der Waals surface area contributed by atoms with Crippen LogP contribution in [0.25, 0.3) is 10.9 Å². The predicted octanol–water partition coefficient (Wildman–Crippen LogP) is 3.09. The van der Waals surface area contributed by atoms with Gasteiger partial charge in [-0.1, -0.05) is 17.7 Å². The second-order valence-corrected chi connectivity index (χ2v) is 3.84. The lowest BCUT2D eigenvalue weighted by Gasteiger charge is -2.07. The predicted molar refractivity (Wildman–Crippen MR) is 60.6 cm³/mol. The summed E-state index contributed by atoms with van der Waals surface area (Å²) in [5.74, 6) is 0.542. The lowest BCUT2D eigenvalue weighted by atomic mass is 10.1. The molecule has 3 heteroatoms. The van der Waals surface area contributed by atoms with Gasteiger partial charge in [0.15, 0.2) is 0 Å². The Morgan fingerprint density at radius 3 is 2.71 bits per heavy atom. The zero-order chi connectivity index (χ0) is 10.3. The van der Waals surface area contributed by atoms with Gasteiger partial charge in [-0.3, -0.25) is 0 Å². The second-order valence-electron chi connectivity index (χ2n) is 3.43. The molecule has 0 atom stereocenters. The molecule has 0 radical (unpaired) electrons. The number of pyridine rings is 1. The number of halogens is 1. The van der Waals surface area contributed by atoms with Gasteiger partial charge in [0.25, 0.3) is 0 Å². The fourth-order valence-electron chi connectivity index (χ4n) is 1.60. The Bertz CT molecular complexity index is 506. The first-order valence-corrected chi connectivity index (χ1v) is 4.79. The fraction of sp³-hybridized carbons (Fsp3) is 0.182. The number of aryl methyl sites for hydroxylation is 2. The van der Waals surface area contributed by atoms with Crippen molar-refractivity contribution in [3.8, 4) is 0 Å². The number of hydrogen-bond donors (Lipinski definition) is 1. The Morgan fingerprint density at radius 1 is 1.29 bits per heavy atom. The van der Waals surface area contributed by atoms with Crippen LogP contribution in [0.2, 0.25) is 5.02 Å². The lowest BCUT2D eigenvalue weighted by Crippen LogP contribution is -1.94. The summed E-state index contributed by atoms with van der Waals surface area (Å²) < 4.78 is 0. The maximum Gasteiger partial charge on any atom is 0.124 e. The highest BCUT2D eigenvalue weighted by Crippen LogP contribution is 2.26. The smallest absolute Gasteiger partial charge is 0.124 e. The molecule has 72 valence electrons. The van der Waals surface area contributed by atoms with Crippen LogP contribution < -0.4 is 5.73 Å². The van der Waals surface area contributed by atoms with Crippen LogP contribution in [-0.4, -0.2) is 4.98 Å². The van der Waals surface area contributed by atoms with E-state index in [0.717, 1.165) is 27.1 Å². The van der Waals surface area contributed by atoms with Crippen LogP contribution in [0.5, 0.6) is 0 Å². The van der Waals surface area contributed by atoms with Gasteiger partial charge in [-0.05, 0) is 37.1 Å². The quantitative estimate of drug-likeness (QED) is 0.720. The van der Waals surface area contributed by atoms with Gasteiger partial charge in [-0.25, -0.2) is 4.98 Å². The van der Waals surface area contributed by atoms with Gasteiger partial charge in [0, 0.05) is 10.4 Å². The van der Waals surface area contributed by atoms with Crippen molar-refractivity contribution in [1.82, 2.24) is 4.98 Å². The van der Waals surface area contributed by atoms with E-state index >= 15 is 0 Å². The average Bonchev–Trinajstić information content (AvgIpc) is 2.12. The van der Waals surface area contributed by atoms with Crippen molar-refractivity contribution < 1.29 is 0 Å². The Kier molecular flexibility index (Phi) is 2.08. The normalized spacial score (nSPS) is 10.8. The van der Waals surface area contributed by atoms with E-state index in [1.165, 1.54) is 0 Å². The molecule has 2 rings (SSSR count). The first-order chi connectivity index (χ1) is 6.59. The third-order valence-corrected chi connectivity index (χ3v) is 2.80. The van der Waals surface area contributed by atoms with Crippen LogP contribution >= 0.6 is 11.6 Å². The molecule has 2 N–H and O–H groups in total. The highest BCUT2D eigenvalue weighted by Gasteiger charge is 2.05. The highest BCUT2D eigenvalue weighted by atomic mass is 35.5. The molecule has 2 nitrogen and oxygen atoms in total. The van der Waals surface area contributed by atoms with Gasteiger partial charge in [0.2, 0.25) is 0 Å². The minimum atomic E-state index is 0.542. The monoisotopic (exact) mass is 206 g/mol. The van der Waals surface area contributed by atoms with Crippen molar-refractivity contribution in [2.45, 2.75) is 13.8 Å². The molecule has 0 bridgehead atoms. The van der Waals surface area contributed by atoms with E-state index in [1.807, 2.05) is 32.0 Å². The number of nitrogens with zero attached hydrogens (tertiary/aromatic N) is 1. The fourth-order valence-corrected chi connectivity index (χ4v) is 1.75. The molecule has 1 heterocycles. The lowest BCUT2D eigenvalue weighted by molar-refractivity contribution is 1.34. The van der Waals surface area contributed by atoms with E-state index in [2.05, 4.69) is 4.98 Å². The topological polar surface area (TPSA) is 38.9 Å². The van der Waals surface area contributed by atoms with Crippen molar-refractivity contribution in [1.29, 1.82) is 0 Å². The summed E-state index contributed by atoms with van der Waals surface area (Å²) in [6.07, 6.45) is 0. The third kappa shape index (κ3) is 1.32. The van der Waals surface area contributed by atoms with Crippen LogP contribution in [0.1, 0.15) is 11.1 Å². The maximum absolute atomic E-state index is 6.01. The Labute approximate surface area is 87.7 Å². The zero-order valence-corrected chi connectivity index (χ0v) is 8.89. The number of fused-ring (bicyclic) bond motifs is 1. The van der Waals surface area contributed by atoms with Gasteiger partial charge in [0.1, 0.15) is 5.82 Å². The van der Waals surface area contributed by atoms with E-state index in [-0.39, 0.29) is 0 Å². The van der Waals surface area contributed by atoms with Crippen LogP contribution in [0.15, 0.2) is 18.2 Å². The van der Waals surface area contributed by atoms with Crippen LogP contribution in [0.4, 0.5) is 5.82 Å². The van der Waals surface area contributed by atoms with Crippen LogP contribution in [-0.2, 0) is 0 Å². The molecule has 0 amide bonds. The Balaban J connectivity index is 2.95. The third-order valence-electron chi connectivity index (χ3n) is 2.40. The standard InChI is InChI=1S/C11H11ClN2/c1-6-5-10(13)14-11-7(2)9(12)4-3-8(6)11/h3-5H,1-2H3,(H2,13,14). The number of benzene rings is 1. The summed E-state index contributed by atoms with van der Waals surface area (Å²) >= 11 is 6.01.